The third-order valence-electron chi connectivity index (χ3n) is 4.89. The Morgan fingerprint density at radius 3 is 2.38 bits per heavy atom. The average Bonchev–Trinajstić information content (AvgIpc) is 3.12. The number of carbonyl (C=O) groups excluding carboxylic acids is 3. The number of aryl methyl sites for hydroxylation is 3. The van der Waals surface area contributed by atoms with Gasteiger partial charge in [0.25, 0.3) is 5.91 Å². The molecule has 0 aliphatic carbocycles. The highest BCUT2D eigenvalue weighted by Crippen LogP contribution is 2.27. The molecule has 0 aliphatic heterocycles. The van der Waals surface area contributed by atoms with Crippen molar-refractivity contribution in [1.29, 1.82) is 0 Å². The molecular weight excluding hydrogens is 412 g/mol. The van der Waals surface area contributed by atoms with E-state index in [0.717, 1.165) is 27.8 Å². The van der Waals surface area contributed by atoms with Gasteiger partial charge in [-0.3, -0.25) is 9.59 Å². The van der Waals surface area contributed by atoms with Gasteiger partial charge in [0.15, 0.2) is 6.61 Å². The summed E-state index contributed by atoms with van der Waals surface area (Å²) in [4.78, 5) is 36.8. The summed E-state index contributed by atoms with van der Waals surface area (Å²) in [6, 6.07) is 11.1. The molecule has 0 radical (unpaired) electrons. The first-order valence-electron chi connectivity index (χ1n) is 10.1. The SMILES string of the molecule is COCc1c(C(=O)OCC(=O)NCC(=O)Nc2c(C)cc(C)cc2C)oc2ccccc12. The third kappa shape index (κ3) is 5.33. The van der Waals surface area contributed by atoms with Gasteiger partial charge < -0.3 is 24.5 Å². The maximum atomic E-state index is 12.5. The molecule has 0 bridgehead atoms. The van der Waals surface area contributed by atoms with Crippen LogP contribution in [0.15, 0.2) is 40.8 Å². The van der Waals surface area contributed by atoms with Crippen LogP contribution in [-0.4, -0.2) is 38.0 Å². The zero-order valence-corrected chi connectivity index (χ0v) is 18.5. The van der Waals surface area contributed by atoms with Gasteiger partial charge in [-0.25, -0.2) is 4.79 Å². The minimum atomic E-state index is -0.779. The Balaban J connectivity index is 1.54. The number of furan rings is 1. The van der Waals surface area contributed by atoms with Crippen molar-refractivity contribution in [3.05, 3.63) is 64.4 Å². The smallest absolute Gasteiger partial charge is 0.375 e. The van der Waals surface area contributed by atoms with E-state index in [4.69, 9.17) is 13.9 Å². The van der Waals surface area contributed by atoms with Crippen LogP contribution in [0.5, 0.6) is 0 Å². The number of rotatable bonds is 8. The molecule has 2 amide bonds. The van der Waals surface area contributed by atoms with E-state index in [1.165, 1.54) is 7.11 Å². The number of hydrogen-bond acceptors (Lipinski definition) is 6. The van der Waals surface area contributed by atoms with Gasteiger partial charge in [0, 0.05) is 23.7 Å². The Kier molecular flexibility index (Phi) is 7.27. The summed E-state index contributed by atoms with van der Waals surface area (Å²) in [7, 11) is 1.51. The van der Waals surface area contributed by atoms with E-state index in [1.54, 1.807) is 12.1 Å². The predicted octanol–water partition coefficient (Wildman–Crippen LogP) is 3.42. The molecule has 3 aromatic rings. The number of esters is 1. The summed E-state index contributed by atoms with van der Waals surface area (Å²) >= 11 is 0. The number of anilines is 1. The normalized spacial score (nSPS) is 10.8. The highest BCUT2D eigenvalue weighted by atomic mass is 16.5. The lowest BCUT2D eigenvalue weighted by Gasteiger charge is -2.13. The summed E-state index contributed by atoms with van der Waals surface area (Å²) < 4.78 is 15.8. The minimum Gasteiger partial charge on any atom is -0.450 e. The lowest BCUT2D eigenvalue weighted by atomic mass is 10.1. The quantitative estimate of drug-likeness (QED) is 0.522. The second kappa shape index (κ2) is 10.1. The van der Waals surface area contributed by atoms with Gasteiger partial charge in [-0.05, 0) is 38.0 Å². The second-order valence-electron chi connectivity index (χ2n) is 7.51. The van der Waals surface area contributed by atoms with E-state index in [0.29, 0.717) is 11.1 Å². The lowest BCUT2D eigenvalue weighted by Crippen LogP contribution is -2.35. The third-order valence-corrected chi connectivity index (χ3v) is 4.89. The fourth-order valence-electron chi connectivity index (χ4n) is 3.54. The van der Waals surface area contributed by atoms with E-state index in [9.17, 15) is 14.4 Å². The molecule has 1 heterocycles. The molecule has 0 fully saturated rings. The number of amides is 2. The van der Waals surface area contributed by atoms with Gasteiger partial charge in [-0.1, -0.05) is 35.9 Å². The van der Waals surface area contributed by atoms with E-state index in [2.05, 4.69) is 10.6 Å². The first-order chi connectivity index (χ1) is 15.3. The van der Waals surface area contributed by atoms with Crippen molar-refractivity contribution < 1.29 is 28.3 Å². The number of ether oxygens (including phenoxy) is 2. The highest BCUT2D eigenvalue weighted by molar-refractivity contribution is 5.98. The van der Waals surface area contributed by atoms with E-state index < -0.39 is 18.5 Å². The number of methoxy groups -OCH3 is 1. The molecule has 2 N–H and O–H groups in total. The molecule has 0 unspecified atom stereocenters. The fraction of sp³-hybridized carbons (Fsp3) is 0.292. The van der Waals surface area contributed by atoms with Crippen LogP contribution in [-0.2, 0) is 25.7 Å². The fourth-order valence-corrected chi connectivity index (χ4v) is 3.54. The number of carbonyl (C=O) groups is 3. The van der Waals surface area contributed by atoms with Crippen molar-refractivity contribution in [3.63, 3.8) is 0 Å². The van der Waals surface area contributed by atoms with Crippen LogP contribution in [0.3, 0.4) is 0 Å². The van der Waals surface area contributed by atoms with Crippen LogP contribution in [0.25, 0.3) is 11.0 Å². The van der Waals surface area contributed by atoms with Gasteiger partial charge in [0.05, 0.1) is 13.2 Å². The van der Waals surface area contributed by atoms with Crippen molar-refractivity contribution in [2.45, 2.75) is 27.4 Å². The van der Waals surface area contributed by atoms with Crippen LogP contribution in [0, 0.1) is 20.8 Å². The minimum absolute atomic E-state index is 0.0103. The van der Waals surface area contributed by atoms with Gasteiger partial charge >= 0.3 is 5.97 Å². The van der Waals surface area contributed by atoms with Crippen LogP contribution in [0.2, 0.25) is 0 Å². The van der Waals surface area contributed by atoms with E-state index in [1.807, 2.05) is 45.0 Å². The summed E-state index contributed by atoms with van der Waals surface area (Å²) in [5.74, 6) is -1.77. The van der Waals surface area contributed by atoms with Gasteiger partial charge in [0.1, 0.15) is 5.58 Å². The van der Waals surface area contributed by atoms with Crippen molar-refractivity contribution in [2.24, 2.45) is 0 Å². The summed E-state index contributed by atoms with van der Waals surface area (Å²) in [6.07, 6.45) is 0. The number of para-hydroxylation sites is 1. The molecular formula is C24H26N2O6. The highest BCUT2D eigenvalue weighted by Gasteiger charge is 2.22. The molecule has 0 atom stereocenters. The molecule has 8 heteroatoms. The van der Waals surface area contributed by atoms with Crippen molar-refractivity contribution >= 4 is 34.4 Å². The lowest BCUT2D eigenvalue weighted by molar-refractivity contribution is -0.126. The van der Waals surface area contributed by atoms with Gasteiger partial charge in [0.2, 0.25) is 11.7 Å². The molecule has 3 rings (SSSR count). The Morgan fingerprint density at radius 1 is 1.00 bits per heavy atom. The number of benzene rings is 2. The molecule has 2 aromatic carbocycles. The molecule has 8 nitrogen and oxygen atoms in total. The van der Waals surface area contributed by atoms with Gasteiger partial charge in [-0.15, -0.1) is 0 Å². The average molecular weight is 438 g/mol. The van der Waals surface area contributed by atoms with Crippen LogP contribution < -0.4 is 10.6 Å². The molecule has 0 spiro atoms. The van der Waals surface area contributed by atoms with E-state index in [-0.39, 0.29) is 24.8 Å². The Labute approximate surface area is 185 Å². The summed E-state index contributed by atoms with van der Waals surface area (Å²) in [5, 5.41) is 5.98. The van der Waals surface area contributed by atoms with Crippen molar-refractivity contribution in [1.82, 2.24) is 5.32 Å². The Bertz CT molecular complexity index is 1140. The summed E-state index contributed by atoms with van der Waals surface area (Å²) in [6.45, 7) is 5.16. The predicted molar refractivity (Wildman–Crippen MR) is 120 cm³/mol. The maximum absolute atomic E-state index is 12.5. The first-order valence-corrected chi connectivity index (χ1v) is 10.1. The zero-order chi connectivity index (χ0) is 23.3. The number of hydrogen-bond donors (Lipinski definition) is 2. The van der Waals surface area contributed by atoms with Gasteiger partial charge in [-0.2, -0.15) is 0 Å². The molecule has 168 valence electrons. The first kappa shape index (κ1) is 23.0. The Morgan fingerprint density at radius 2 is 1.69 bits per heavy atom. The second-order valence-corrected chi connectivity index (χ2v) is 7.51. The van der Waals surface area contributed by atoms with Crippen LogP contribution in [0.4, 0.5) is 5.69 Å². The Hall–Kier alpha value is -3.65. The number of nitrogens with one attached hydrogen (secondary N) is 2. The maximum Gasteiger partial charge on any atom is 0.375 e. The standard InChI is InChI=1S/C24H26N2O6/c1-14-9-15(2)22(16(3)10-14)26-20(27)11-25-21(28)13-31-24(29)23-18(12-30-4)17-7-5-6-8-19(17)32-23/h5-10H,11-13H2,1-4H3,(H,25,28)(H,26,27). The number of fused-ring (bicyclic) bond motifs is 1. The summed E-state index contributed by atoms with van der Waals surface area (Å²) in [5.41, 5.74) is 4.77. The molecule has 0 saturated carbocycles. The van der Waals surface area contributed by atoms with Crippen LogP contribution >= 0.6 is 0 Å². The zero-order valence-electron chi connectivity index (χ0n) is 18.5. The largest absolute Gasteiger partial charge is 0.450 e. The molecule has 0 aliphatic rings. The molecule has 32 heavy (non-hydrogen) atoms. The van der Waals surface area contributed by atoms with Crippen LogP contribution in [0.1, 0.15) is 32.8 Å². The van der Waals surface area contributed by atoms with Crippen molar-refractivity contribution in [2.75, 3.05) is 25.6 Å². The topological polar surface area (TPSA) is 107 Å². The molecule has 1 aromatic heterocycles. The van der Waals surface area contributed by atoms with Crippen molar-refractivity contribution in [3.8, 4) is 0 Å². The monoisotopic (exact) mass is 438 g/mol. The van der Waals surface area contributed by atoms with E-state index >= 15 is 0 Å². The molecule has 0 saturated heterocycles.